The van der Waals surface area contributed by atoms with Crippen LogP contribution in [0.25, 0.3) is 0 Å². The van der Waals surface area contributed by atoms with Crippen LogP contribution in [0.4, 0.5) is 0 Å². The molecule has 0 radical (unpaired) electrons. The standard InChI is InChI=1S/C2H4O.Al.Li.4H/c1-2-3;;;;;;/h2H,1H3;;;;;;. The zero-order chi connectivity index (χ0) is 2.71. The van der Waals surface area contributed by atoms with E-state index in [9.17, 15) is 0 Å². The molecule has 3 heteroatoms. The topological polar surface area (TPSA) is 17.1 Å². The van der Waals surface area contributed by atoms with Gasteiger partial charge in [-0.25, -0.2) is 0 Å². The molecule has 0 aromatic rings. The summed E-state index contributed by atoms with van der Waals surface area (Å²) in [5.41, 5.74) is 0. The average Bonchev–Trinajstić information content (AvgIpc) is 0.918. The van der Waals surface area contributed by atoms with Crippen LogP contribution in [-0.4, -0.2) is 42.5 Å². The van der Waals surface area contributed by atoms with E-state index in [0.29, 0.717) is 0 Å². The summed E-state index contributed by atoms with van der Waals surface area (Å²) < 4.78 is 0. The molecule has 0 unspecified atom stereocenters. The first kappa shape index (κ1) is 17.0. The molecule has 0 bridgehead atoms. The Morgan fingerprint density at radius 3 is 1.60 bits per heavy atom. The Morgan fingerprint density at radius 2 is 1.60 bits per heavy atom. The first-order valence-electron chi connectivity index (χ1n) is 0.813. The van der Waals surface area contributed by atoms with Gasteiger partial charge in [0, 0.05) is 0 Å². The van der Waals surface area contributed by atoms with Crippen molar-refractivity contribution in [3.05, 3.63) is 0 Å². The molecule has 0 fully saturated rings. The predicted octanol–water partition coefficient (Wildman–Crippen LogP) is -1.63. The van der Waals surface area contributed by atoms with Crippen molar-refractivity contribution < 1.29 is 4.79 Å². The Balaban J connectivity index is -0.0000000200. The van der Waals surface area contributed by atoms with Gasteiger partial charge in [-0.15, -0.1) is 0 Å². The van der Waals surface area contributed by atoms with E-state index in [-0.39, 0.29) is 36.2 Å². The molecule has 5 heavy (non-hydrogen) atoms. The van der Waals surface area contributed by atoms with Gasteiger partial charge in [0.05, 0.1) is 0 Å². The Hall–Kier alpha value is 0.800. The molecule has 0 heterocycles. The Labute approximate surface area is 54.4 Å². The second kappa shape index (κ2) is 21.4. The van der Waals surface area contributed by atoms with Gasteiger partial charge in [-0.1, -0.05) is 0 Å². The molecular weight excluding hydrogens is 73.9 g/mol. The fourth-order valence-corrected chi connectivity index (χ4v) is 0. The van der Waals surface area contributed by atoms with E-state index < -0.39 is 0 Å². The molecule has 0 amide bonds. The molecule has 0 saturated carbocycles. The van der Waals surface area contributed by atoms with Gasteiger partial charge in [0.25, 0.3) is 0 Å². The van der Waals surface area contributed by atoms with Crippen LogP contribution in [0.5, 0.6) is 0 Å². The normalized spacial score (nSPS) is 2.60. The van der Waals surface area contributed by atoms with Gasteiger partial charge in [0.15, 0.2) is 17.4 Å². The van der Waals surface area contributed by atoms with E-state index in [2.05, 4.69) is 0 Å². The van der Waals surface area contributed by atoms with Crippen molar-refractivity contribution in [3.8, 4) is 0 Å². The summed E-state index contributed by atoms with van der Waals surface area (Å²) >= 11 is 0. The number of aldehydes is 1. The summed E-state index contributed by atoms with van der Waals surface area (Å²) in [6, 6.07) is 0. The number of hydrogen-bond acceptors (Lipinski definition) is 1. The third-order valence-electron chi connectivity index (χ3n) is 0. The van der Waals surface area contributed by atoms with E-state index in [1.165, 1.54) is 6.92 Å². The summed E-state index contributed by atoms with van der Waals surface area (Å²) in [4.78, 5) is 8.81. The third-order valence-corrected chi connectivity index (χ3v) is 0. The van der Waals surface area contributed by atoms with Gasteiger partial charge >= 0.3 is 18.9 Å². The number of carbonyl (C=O) groups is 1. The quantitative estimate of drug-likeness (QED) is 0.253. The molecule has 0 N–H and O–H groups in total. The monoisotopic (exact) mass is 82.1 g/mol. The van der Waals surface area contributed by atoms with Crippen LogP contribution in [0.3, 0.4) is 0 Å². The van der Waals surface area contributed by atoms with Gasteiger partial charge in [0.1, 0.15) is 6.29 Å². The van der Waals surface area contributed by atoms with Crippen molar-refractivity contribution >= 4 is 42.5 Å². The van der Waals surface area contributed by atoms with Crippen LogP contribution < -0.4 is 0 Å². The molecule has 0 aromatic carbocycles. The van der Waals surface area contributed by atoms with E-state index in [1.54, 1.807) is 0 Å². The number of rotatable bonds is 0. The van der Waals surface area contributed by atoms with Crippen LogP contribution in [0.2, 0.25) is 0 Å². The molecule has 0 aromatic heterocycles. The molecule has 0 rings (SSSR count). The van der Waals surface area contributed by atoms with E-state index >= 15 is 0 Å². The summed E-state index contributed by atoms with van der Waals surface area (Å²) in [7, 11) is 0. The fourth-order valence-electron chi connectivity index (χ4n) is 0. The fraction of sp³-hybridized carbons (Fsp3) is 0.500. The van der Waals surface area contributed by atoms with Crippen molar-refractivity contribution in [1.29, 1.82) is 0 Å². The van der Waals surface area contributed by atoms with Gasteiger partial charge in [-0.05, 0) is 6.92 Å². The molecule has 0 aliphatic carbocycles. The Bertz CT molecular complexity index is 17.1. The first-order chi connectivity index (χ1) is 1.41. The summed E-state index contributed by atoms with van der Waals surface area (Å²) in [6.07, 6.45) is 0.750. The van der Waals surface area contributed by atoms with Crippen molar-refractivity contribution in [2.45, 2.75) is 6.92 Å². The third kappa shape index (κ3) is 58.8. The van der Waals surface area contributed by atoms with Crippen molar-refractivity contribution in [2.75, 3.05) is 0 Å². The maximum absolute atomic E-state index is 8.81. The van der Waals surface area contributed by atoms with Crippen molar-refractivity contribution in [3.63, 3.8) is 0 Å². The van der Waals surface area contributed by atoms with Crippen LogP contribution >= 0.6 is 0 Å². The molecule has 0 saturated heterocycles. The minimum atomic E-state index is 0. The minimum absolute atomic E-state index is 0. The molecular formula is C2H8AlLiO. The molecule has 0 aliphatic heterocycles. The van der Waals surface area contributed by atoms with Gasteiger partial charge in [0.2, 0.25) is 0 Å². The molecule has 0 aliphatic rings. The van der Waals surface area contributed by atoms with E-state index in [4.69, 9.17) is 4.79 Å². The second-order valence-electron chi connectivity index (χ2n) is 0.236. The number of carbonyl (C=O) groups excluding carboxylic acids is 1. The van der Waals surface area contributed by atoms with Crippen molar-refractivity contribution in [1.82, 2.24) is 0 Å². The zero-order valence-corrected chi connectivity index (χ0v) is 1.99. The first-order valence-corrected chi connectivity index (χ1v) is 0.813. The van der Waals surface area contributed by atoms with Crippen LogP contribution in [0.15, 0.2) is 0 Å². The predicted molar refractivity (Wildman–Crippen MR) is 28.8 cm³/mol. The zero-order valence-electron chi connectivity index (χ0n) is 1.99. The molecule has 0 spiro atoms. The van der Waals surface area contributed by atoms with E-state index in [0.717, 1.165) is 6.29 Å². The average molecular weight is 82.0 g/mol. The molecule has 1 nitrogen and oxygen atoms in total. The molecule has 26 valence electrons. The Morgan fingerprint density at radius 1 is 1.60 bits per heavy atom. The Kier molecular flexibility index (Phi) is 72.9. The molecule has 0 atom stereocenters. The SMILES string of the molecule is CC=O.[AlH3].[LiH]. The summed E-state index contributed by atoms with van der Waals surface area (Å²) in [5, 5.41) is 0. The summed E-state index contributed by atoms with van der Waals surface area (Å²) in [6.45, 7) is 1.44. The van der Waals surface area contributed by atoms with Crippen molar-refractivity contribution in [2.24, 2.45) is 0 Å². The van der Waals surface area contributed by atoms with Gasteiger partial charge < -0.3 is 4.79 Å². The number of hydrogen-bond donors (Lipinski definition) is 0. The van der Waals surface area contributed by atoms with Crippen LogP contribution in [-0.2, 0) is 4.79 Å². The van der Waals surface area contributed by atoms with Gasteiger partial charge in [-0.3, -0.25) is 0 Å². The summed E-state index contributed by atoms with van der Waals surface area (Å²) in [5.74, 6) is 0. The maximum atomic E-state index is 8.81. The van der Waals surface area contributed by atoms with Crippen LogP contribution in [0.1, 0.15) is 6.92 Å². The van der Waals surface area contributed by atoms with Crippen LogP contribution in [0, 0.1) is 0 Å². The second-order valence-corrected chi connectivity index (χ2v) is 0.236. The van der Waals surface area contributed by atoms with E-state index in [1.807, 2.05) is 0 Å². The van der Waals surface area contributed by atoms with Gasteiger partial charge in [-0.2, -0.15) is 0 Å².